The molecule has 3 aliphatic rings. The van der Waals surface area contributed by atoms with Crippen LogP contribution >= 0.6 is 0 Å². The summed E-state index contributed by atoms with van der Waals surface area (Å²) in [7, 11) is 2.15. The van der Waals surface area contributed by atoms with Crippen LogP contribution in [0.1, 0.15) is 27.2 Å². The minimum Gasteiger partial charge on any atom is -0.371 e. The standard InChI is InChI=1S/C21H28N4O/c1-14-15(2)23(4)16(3)20-13-25(12-19(14)20)21(26)8-17-10-24(11-17)18-6-5-7-22-9-18/h5-7,9,15,17H,8,10-13H2,1-4H3. The Morgan fingerprint density at radius 1 is 1.23 bits per heavy atom. The minimum atomic E-state index is 0.297. The molecule has 4 heterocycles. The second-order valence-electron chi connectivity index (χ2n) is 7.95. The summed E-state index contributed by atoms with van der Waals surface area (Å²) in [5, 5.41) is 0. The Morgan fingerprint density at radius 3 is 2.65 bits per heavy atom. The van der Waals surface area contributed by atoms with E-state index in [1.807, 2.05) is 12.3 Å². The molecule has 2 fully saturated rings. The maximum absolute atomic E-state index is 12.8. The largest absolute Gasteiger partial charge is 0.371 e. The fourth-order valence-electron chi connectivity index (χ4n) is 4.37. The van der Waals surface area contributed by atoms with Crippen LogP contribution in [0.2, 0.25) is 0 Å². The van der Waals surface area contributed by atoms with E-state index in [1.165, 1.54) is 22.4 Å². The minimum absolute atomic E-state index is 0.297. The van der Waals surface area contributed by atoms with Gasteiger partial charge >= 0.3 is 0 Å². The second-order valence-corrected chi connectivity index (χ2v) is 7.95. The smallest absolute Gasteiger partial charge is 0.223 e. The van der Waals surface area contributed by atoms with Gasteiger partial charge in [-0.05, 0) is 49.6 Å². The lowest BCUT2D eigenvalue weighted by Gasteiger charge is -2.41. The van der Waals surface area contributed by atoms with Crippen LogP contribution in [0.25, 0.3) is 0 Å². The van der Waals surface area contributed by atoms with E-state index in [4.69, 9.17) is 0 Å². The summed E-state index contributed by atoms with van der Waals surface area (Å²) < 4.78 is 0. The molecule has 5 heteroatoms. The number of anilines is 1. The number of nitrogens with zero attached hydrogens (tertiary/aromatic N) is 4. The average molecular weight is 352 g/mol. The summed E-state index contributed by atoms with van der Waals surface area (Å²) in [5.74, 6) is 0.753. The first-order valence-corrected chi connectivity index (χ1v) is 9.51. The van der Waals surface area contributed by atoms with Crippen molar-refractivity contribution in [1.82, 2.24) is 14.8 Å². The van der Waals surface area contributed by atoms with Crippen molar-refractivity contribution in [2.24, 2.45) is 5.92 Å². The molecule has 0 radical (unpaired) electrons. The zero-order valence-corrected chi connectivity index (χ0v) is 16.2. The number of likely N-dealkylation sites (tertiary alicyclic amines) is 1. The van der Waals surface area contributed by atoms with Crippen molar-refractivity contribution in [2.75, 3.05) is 38.1 Å². The number of hydrogen-bond donors (Lipinski definition) is 0. The lowest BCUT2D eigenvalue weighted by atomic mass is 9.92. The molecule has 26 heavy (non-hydrogen) atoms. The normalized spacial score (nSPS) is 23.5. The third kappa shape index (κ3) is 2.79. The number of fused-ring (bicyclic) bond motifs is 1. The number of hydrogen-bond acceptors (Lipinski definition) is 4. The van der Waals surface area contributed by atoms with E-state index >= 15 is 0 Å². The first kappa shape index (κ1) is 17.1. The number of allylic oxidation sites excluding steroid dienone is 1. The highest BCUT2D eigenvalue weighted by molar-refractivity contribution is 5.79. The van der Waals surface area contributed by atoms with Crippen LogP contribution in [0.5, 0.6) is 0 Å². The zero-order chi connectivity index (χ0) is 18.4. The van der Waals surface area contributed by atoms with Crippen LogP contribution in [0.3, 0.4) is 0 Å². The van der Waals surface area contributed by atoms with Crippen molar-refractivity contribution in [3.8, 4) is 0 Å². The highest BCUT2D eigenvalue weighted by Gasteiger charge is 2.36. The van der Waals surface area contributed by atoms with E-state index < -0.39 is 0 Å². The van der Waals surface area contributed by atoms with E-state index in [9.17, 15) is 4.79 Å². The van der Waals surface area contributed by atoms with Gasteiger partial charge in [0.1, 0.15) is 0 Å². The van der Waals surface area contributed by atoms with Crippen LogP contribution in [-0.2, 0) is 4.79 Å². The monoisotopic (exact) mass is 352 g/mol. The first-order valence-electron chi connectivity index (χ1n) is 9.51. The van der Waals surface area contributed by atoms with E-state index in [-0.39, 0.29) is 0 Å². The third-order valence-corrected chi connectivity index (χ3v) is 6.50. The number of rotatable bonds is 3. The molecule has 1 aromatic heterocycles. The number of likely N-dealkylation sites (N-methyl/N-ethyl adjacent to an activating group) is 1. The summed E-state index contributed by atoms with van der Waals surface area (Å²) >= 11 is 0. The zero-order valence-electron chi connectivity index (χ0n) is 16.2. The molecule has 0 aromatic carbocycles. The molecule has 1 amide bonds. The fraction of sp³-hybridized carbons (Fsp3) is 0.524. The van der Waals surface area contributed by atoms with Gasteiger partial charge < -0.3 is 14.7 Å². The molecule has 0 spiro atoms. The number of carbonyl (C=O) groups is 1. The van der Waals surface area contributed by atoms with Crippen LogP contribution in [0, 0.1) is 5.92 Å². The Kier molecular flexibility index (Phi) is 4.25. The second kappa shape index (κ2) is 6.45. The van der Waals surface area contributed by atoms with Crippen molar-refractivity contribution in [2.45, 2.75) is 33.2 Å². The van der Waals surface area contributed by atoms with Gasteiger partial charge in [0.25, 0.3) is 0 Å². The van der Waals surface area contributed by atoms with Crippen molar-refractivity contribution in [3.05, 3.63) is 46.9 Å². The summed E-state index contributed by atoms with van der Waals surface area (Å²) in [5.41, 5.74) is 6.64. The summed E-state index contributed by atoms with van der Waals surface area (Å²) in [6.07, 6.45) is 4.34. The van der Waals surface area contributed by atoms with E-state index in [2.05, 4.69) is 53.6 Å². The fourth-order valence-corrected chi connectivity index (χ4v) is 4.37. The van der Waals surface area contributed by atoms with Gasteiger partial charge in [0, 0.05) is 63.5 Å². The Bertz CT molecular complexity index is 744. The van der Waals surface area contributed by atoms with E-state index in [1.54, 1.807) is 6.20 Å². The summed E-state index contributed by atoms with van der Waals surface area (Å²) in [4.78, 5) is 23.7. The van der Waals surface area contributed by atoms with Crippen LogP contribution in [0.4, 0.5) is 5.69 Å². The Hall–Kier alpha value is -2.30. The number of amides is 1. The predicted molar refractivity (Wildman–Crippen MR) is 104 cm³/mol. The van der Waals surface area contributed by atoms with Gasteiger partial charge in [-0.25, -0.2) is 0 Å². The van der Waals surface area contributed by atoms with Crippen LogP contribution in [0.15, 0.2) is 46.9 Å². The van der Waals surface area contributed by atoms with Crippen molar-refractivity contribution < 1.29 is 4.79 Å². The molecule has 1 atom stereocenters. The van der Waals surface area contributed by atoms with Gasteiger partial charge in [0.15, 0.2) is 0 Å². The van der Waals surface area contributed by atoms with Crippen molar-refractivity contribution in [1.29, 1.82) is 0 Å². The molecule has 3 aliphatic heterocycles. The molecule has 2 saturated heterocycles. The topological polar surface area (TPSA) is 39.7 Å². The molecular weight excluding hydrogens is 324 g/mol. The number of pyridine rings is 1. The van der Waals surface area contributed by atoms with Crippen LogP contribution in [-0.4, -0.2) is 60.0 Å². The van der Waals surface area contributed by atoms with Crippen molar-refractivity contribution in [3.63, 3.8) is 0 Å². The number of aromatic nitrogens is 1. The van der Waals surface area contributed by atoms with Crippen molar-refractivity contribution >= 4 is 11.6 Å². The lowest BCUT2D eigenvalue weighted by Crippen LogP contribution is -2.48. The quantitative estimate of drug-likeness (QED) is 0.838. The van der Waals surface area contributed by atoms with Gasteiger partial charge in [0.05, 0.1) is 11.9 Å². The number of carbonyl (C=O) groups excluding carboxylic acids is 1. The van der Waals surface area contributed by atoms with E-state index in [0.29, 0.717) is 24.3 Å². The third-order valence-electron chi connectivity index (χ3n) is 6.50. The Labute approximate surface area is 156 Å². The molecule has 138 valence electrons. The molecule has 0 saturated carbocycles. The molecule has 1 aromatic rings. The predicted octanol–water partition coefficient (Wildman–Crippen LogP) is 2.67. The average Bonchev–Trinajstić information content (AvgIpc) is 3.07. The lowest BCUT2D eigenvalue weighted by molar-refractivity contribution is -0.131. The molecule has 0 bridgehead atoms. The highest BCUT2D eigenvalue weighted by Crippen LogP contribution is 2.36. The van der Waals surface area contributed by atoms with Gasteiger partial charge in [0.2, 0.25) is 5.91 Å². The molecule has 1 unspecified atom stereocenters. The molecule has 5 nitrogen and oxygen atoms in total. The SMILES string of the molecule is CC1=C2CN(C(=O)CC3CN(c4cccnc4)C3)CC2=C(C)N(C)C1C. The maximum Gasteiger partial charge on any atom is 0.223 e. The molecule has 0 N–H and O–H groups in total. The summed E-state index contributed by atoms with van der Waals surface area (Å²) in [6, 6.07) is 4.46. The molecular formula is C21H28N4O. The van der Waals surface area contributed by atoms with E-state index in [0.717, 1.165) is 31.9 Å². The maximum atomic E-state index is 12.8. The van der Waals surface area contributed by atoms with Crippen LogP contribution < -0.4 is 4.90 Å². The summed E-state index contributed by atoms with van der Waals surface area (Å²) in [6.45, 7) is 10.1. The Balaban J connectivity index is 1.38. The first-order chi connectivity index (χ1) is 12.5. The van der Waals surface area contributed by atoms with Gasteiger partial charge in [-0.15, -0.1) is 0 Å². The van der Waals surface area contributed by atoms with Gasteiger partial charge in [-0.1, -0.05) is 0 Å². The van der Waals surface area contributed by atoms with Gasteiger partial charge in [-0.2, -0.15) is 0 Å². The Morgan fingerprint density at radius 2 is 1.96 bits per heavy atom. The molecule has 4 rings (SSSR count). The van der Waals surface area contributed by atoms with Gasteiger partial charge in [-0.3, -0.25) is 9.78 Å². The molecule has 0 aliphatic carbocycles. The highest BCUT2D eigenvalue weighted by atomic mass is 16.2.